The van der Waals surface area contributed by atoms with Gasteiger partial charge in [-0.15, -0.1) is 0 Å². The van der Waals surface area contributed by atoms with Crippen LogP contribution in [0.25, 0.3) is 0 Å². The molecule has 2 heterocycles. The molecule has 0 radical (unpaired) electrons. The summed E-state index contributed by atoms with van der Waals surface area (Å²) in [4.78, 5) is 19.9. The van der Waals surface area contributed by atoms with Gasteiger partial charge in [-0.1, -0.05) is 0 Å². The minimum atomic E-state index is -0.504. The Labute approximate surface area is 109 Å². The highest BCUT2D eigenvalue weighted by Crippen LogP contribution is 2.16. The van der Waals surface area contributed by atoms with Crippen molar-refractivity contribution in [2.75, 3.05) is 18.2 Å². The van der Waals surface area contributed by atoms with Crippen molar-refractivity contribution in [3.63, 3.8) is 0 Å². The maximum Gasteiger partial charge on any atom is 0.334 e. The number of hydrogen-bond donors (Lipinski definition) is 1. The molecule has 0 aliphatic carbocycles. The van der Waals surface area contributed by atoms with Gasteiger partial charge in [0.05, 0.1) is 19.1 Å². The zero-order valence-corrected chi connectivity index (χ0v) is 10.3. The van der Waals surface area contributed by atoms with Gasteiger partial charge in [-0.05, 0) is 24.0 Å². The first kappa shape index (κ1) is 12.8. The highest BCUT2D eigenvalue weighted by atomic mass is 16.6. The molecule has 2 rings (SSSR count). The van der Waals surface area contributed by atoms with E-state index in [0.717, 1.165) is 0 Å². The second kappa shape index (κ2) is 5.80. The standard InChI is InChI=1S/C11H13N5O3/c1-2-19-9-3-4-10(13-5-9)15-6-11(16(17)18)14-7-12-8-15/h3-6,8,14H,2,7H2,1H3. The van der Waals surface area contributed by atoms with E-state index in [1.54, 1.807) is 18.3 Å². The van der Waals surface area contributed by atoms with Gasteiger partial charge < -0.3 is 14.9 Å². The largest absolute Gasteiger partial charge is 0.492 e. The van der Waals surface area contributed by atoms with E-state index in [2.05, 4.69) is 15.3 Å². The van der Waals surface area contributed by atoms with Crippen molar-refractivity contribution in [3.05, 3.63) is 40.5 Å². The maximum atomic E-state index is 10.8. The van der Waals surface area contributed by atoms with Crippen molar-refractivity contribution in [2.24, 2.45) is 4.99 Å². The summed E-state index contributed by atoms with van der Waals surface area (Å²) in [7, 11) is 0. The fraction of sp³-hybridized carbons (Fsp3) is 0.273. The monoisotopic (exact) mass is 263 g/mol. The summed E-state index contributed by atoms with van der Waals surface area (Å²) in [6.45, 7) is 2.59. The first-order valence-electron chi connectivity index (χ1n) is 5.68. The minimum absolute atomic E-state index is 0.131. The Morgan fingerprint density at radius 3 is 3.05 bits per heavy atom. The third-order valence-corrected chi connectivity index (χ3v) is 2.31. The van der Waals surface area contributed by atoms with Crippen LogP contribution in [0, 0.1) is 10.1 Å². The smallest absolute Gasteiger partial charge is 0.334 e. The molecule has 0 saturated carbocycles. The third kappa shape index (κ3) is 3.18. The van der Waals surface area contributed by atoms with Crippen LogP contribution in [-0.4, -0.2) is 29.5 Å². The van der Waals surface area contributed by atoms with E-state index in [1.165, 1.54) is 17.4 Å². The lowest BCUT2D eigenvalue weighted by Crippen LogP contribution is -2.21. The summed E-state index contributed by atoms with van der Waals surface area (Å²) >= 11 is 0. The fourth-order valence-electron chi connectivity index (χ4n) is 1.48. The van der Waals surface area contributed by atoms with Crippen LogP contribution in [0.15, 0.2) is 35.3 Å². The number of ether oxygens (including phenoxy) is 1. The Hall–Kier alpha value is -2.64. The van der Waals surface area contributed by atoms with Crippen LogP contribution in [0.1, 0.15) is 6.92 Å². The molecule has 0 spiro atoms. The zero-order valence-electron chi connectivity index (χ0n) is 10.3. The molecule has 0 aromatic carbocycles. The van der Waals surface area contributed by atoms with Crippen LogP contribution >= 0.6 is 0 Å². The SMILES string of the molecule is CCOc1ccc(N2C=NCNC([N+](=O)[O-])=C2)nc1. The summed E-state index contributed by atoms with van der Waals surface area (Å²) in [5, 5.41) is 13.4. The molecule has 0 unspecified atom stereocenters. The van der Waals surface area contributed by atoms with Gasteiger partial charge in [-0.3, -0.25) is 4.90 Å². The number of pyridine rings is 1. The molecular formula is C11H13N5O3. The molecule has 1 aliphatic rings. The van der Waals surface area contributed by atoms with E-state index in [4.69, 9.17) is 4.74 Å². The van der Waals surface area contributed by atoms with Crippen molar-refractivity contribution >= 4 is 12.2 Å². The molecule has 0 atom stereocenters. The van der Waals surface area contributed by atoms with Gasteiger partial charge in [0.1, 0.15) is 17.8 Å². The van der Waals surface area contributed by atoms with E-state index in [1.807, 2.05) is 6.92 Å². The Bertz CT molecular complexity index is 512. The van der Waals surface area contributed by atoms with Crippen LogP contribution < -0.4 is 15.0 Å². The van der Waals surface area contributed by atoms with Crippen molar-refractivity contribution in [2.45, 2.75) is 6.92 Å². The van der Waals surface area contributed by atoms with Crippen LogP contribution in [-0.2, 0) is 0 Å². The summed E-state index contributed by atoms with van der Waals surface area (Å²) < 4.78 is 5.28. The third-order valence-electron chi connectivity index (χ3n) is 2.31. The Balaban J connectivity index is 2.23. The van der Waals surface area contributed by atoms with Crippen molar-refractivity contribution in [1.29, 1.82) is 0 Å². The van der Waals surface area contributed by atoms with Crippen LogP contribution in [0.4, 0.5) is 5.82 Å². The number of nitro groups is 1. The summed E-state index contributed by atoms with van der Waals surface area (Å²) in [6.07, 6.45) is 4.37. The Morgan fingerprint density at radius 2 is 2.42 bits per heavy atom. The van der Waals surface area contributed by atoms with Crippen molar-refractivity contribution < 1.29 is 9.66 Å². The number of aliphatic imine (C=N–C) groups is 1. The van der Waals surface area contributed by atoms with Gasteiger partial charge in [-0.25, -0.2) is 15.3 Å². The van der Waals surface area contributed by atoms with E-state index >= 15 is 0 Å². The average Bonchev–Trinajstić information content (AvgIpc) is 2.66. The number of hydrogen-bond acceptors (Lipinski definition) is 7. The predicted octanol–water partition coefficient (Wildman–Crippen LogP) is 0.951. The van der Waals surface area contributed by atoms with Crippen molar-refractivity contribution in [1.82, 2.24) is 10.3 Å². The first-order chi connectivity index (χ1) is 9.20. The van der Waals surface area contributed by atoms with E-state index in [9.17, 15) is 10.1 Å². The molecule has 100 valence electrons. The molecule has 19 heavy (non-hydrogen) atoms. The lowest BCUT2D eigenvalue weighted by Gasteiger charge is -2.12. The van der Waals surface area contributed by atoms with Crippen LogP contribution in [0.5, 0.6) is 5.75 Å². The molecule has 1 N–H and O–H groups in total. The lowest BCUT2D eigenvalue weighted by atomic mass is 10.4. The van der Waals surface area contributed by atoms with E-state index in [0.29, 0.717) is 18.2 Å². The minimum Gasteiger partial charge on any atom is -0.492 e. The molecular weight excluding hydrogens is 250 g/mol. The van der Waals surface area contributed by atoms with Crippen molar-refractivity contribution in [3.8, 4) is 5.75 Å². The summed E-state index contributed by atoms with van der Waals surface area (Å²) in [5.74, 6) is 1.04. The van der Waals surface area contributed by atoms with E-state index < -0.39 is 4.92 Å². The molecule has 8 nitrogen and oxygen atoms in total. The lowest BCUT2D eigenvalue weighted by molar-refractivity contribution is -0.431. The highest BCUT2D eigenvalue weighted by molar-refractivity contribution is 5.80. The topological polar surface area (TPSA) is 92.9 Å². The normalized spacial score (nSPS) is 14.4. The van der Waals surface area contributed by atoms with Gasteiger partial charge in [-0.2, -0.15) is 0 Å². The molecule has 1 aliphatic heterocycles. The molecule has 0 saturated heterocycles. The fourth-order valence-corrected chi connectivity index (χ4v) is 1.48. The molecule has 1 aromatic rings. The molecule has 8 heteroatoms. The quantitative estimate of drug-likeness (QED) is 0.642. The maximum absolute atomic E-state index is 10.8. The van der Waals surface area contributed by atoms with Gasteiger partial charge in [0, 0.05) is 0 Å². The summed E-state index contributed by atoms with van der Waals surface area (Å²) in [5.41, 5.74) is 0. The number of aromatic nitrogens is 1. The first-order valence-corrected chi connectivity index (χ1v) is 5.68. The number of anilines is 1. The van der Waals surface area contributed by atoms with Crippen LogP contribution in [0.2, 0.25) is 0 Å². The van der Waals surface area contributed by atoms with Crippen LogP contribution in [0.3, 0.4) is 0 Å². The molecule has 1 aromatic heterocycles. The number of nitrogens with zero attached hydrogens (tertiary/aromatic N) is 4. The summed E-state index contributed by atoms with van der Waals surface area (Å²) in [6, 6.07) is 3.45. The highest BCUT2D eigenvalue weighted by Gasteiger charge is 2.14. The molecule has 0 amide bonds. The Morgan fingerprint density at radius 1 is 1.58 bits per heavy atom. The van der Waals surface area contributed by atoms with E-state index in [-0.39, 0.29) is 12.5 Å². The zero-order chi connectivity index (χ0) is 13.7. The molecule has 0 bridgehead atoms. The second-order valence-electron chi connectivity index (χ2n) is 3.60. The Kier molecular flexibility index (Phi) is 3.91. The predicted molar refractivity (Wildman–Crippen MR) is 69.5 cm³/mol. The van der Waals surface area contributed by atoms with Gasteiger partial charge in [0.2, 0.25) is 0 Å². The van der Waals surface area contributed by atoms with Gasteiger partial charge in [0.25, 0.3) is 0 Å². The molecule has 0 fully saturated rings. The van der Waals surface area contributed by atoms with Gasteiger partial charge in [0.15, 0.2) is 6.67 Å². The number of rotatable bonds is 4. The average molecular weight is 263 g/mol. The number of nitrogens with one attached hydrogen (secondary N) is 1. The second-order valence-corrected chi connectivity index (χ2v) is 3.60. The van der Waals surface area contributed by atoms with Gasteiger partial charge >= 0.3 is 5.82 Å².